The average molecular weight is 384 g/mol. The lowest BCUT2D eigenvalue weighted by Crippen LogP contribution is -2.01. The van der Waals surface area contributed by atoms with Gasteiger partial charge < -0.3 is 10.1 Å². The van der Waals surface area contributed by atoms with Crippen molar-refractivity contribution in [3.8, 4) is 5.69 Å². The predicted octanol–water partition coefficient (Wildman–Crippen LogP) is 4.37. The number of aryl methyl sites for hydroxylation is 2. The molecule has 0 aliphatic carbocycles. The molecule has 1 aromatic carbocycles. The Morgan fingerprint density at radius 1 is 1.19 bits per heavy atom. The molecular weight excluding hydrogens is 366 g/mol. The number of aromatic carboxylic acids is 1. The van der Waals surface area contributed by atoms with Gasteiger partial charge in [-0.2, -0.15) is 5.10 Å². The number of carbonyl (C=O) groups is 2. The fourth-order valence-electron chi connectivity index (χ4n) is 3.02. The van der Waals surface area contributed by atoms with E-state index in [1.165, 1.54) is 6.08 Å². The smallest absolute Gasteiger partial charge is 0.352 e. The Hall–Kier alpha value is -3.12. The summed E-state index contributed by atoms with van der Waals surface area (Å²) in [5.41, 5.74) is 3.45. The number of H-pyrrole nitrogens is 1. The highest BCUT2D eigenvalue weighted by atomic mass is 35.5. The third-order valence-corrected chi connectivity index (χ3v) is 4.71. The molecule has 0 atom stereocenters. The first-order valence-corrected chi connectivity index (χ1v) is 8.64. The topological polar surface area (TPSA) is 88.0 Å². The summed E-state index contributed by atoms with van der Waals surface area (Å²) in [6.45, 7) is 5.09. The molecule has 0 amide bonds. The number of halogens is 1. The maximum Gasteiger partial charge on any atom is 0.352 e. The Labute approximate surface area is 161 Å². The normalized spacial score (nSPS) is 11.3. The van der Waals surface area contributed by atoms with Crippen LogP contribution in [0.4, 0.5) is 0 Å². The molecule has 0 spiro atoms. The maximum atomic E-state index is 12.6. The van der Waals surface area contributed by atoms with Crippen molar-refractivity contribution in [1.82, 2.24) is 14.8 Å². The predicted molar refractivity (Wildman–Crippen MR) is 104 cm³/mol. The Balaban J connectivity index is 1.95. The van der Waals surface area contributed by atoms with Crippen LogP contribution in [0.15, 0.2) is 36.4 Å². The number of nitrogens with zero attached hydrogens (tertiary/aromatic N) is 2. The number of hydrogen-bond donors (Lipinski definition) is 2. The monoisotopic (exact) mass is 383 g/mol. The van der Waals surface area contributed by atoms with Crippen LogP contribution in [-0.4, -0.2) is 31.6 Å². The van der Waals surface area contributed by atoms with Gasteiger partial charge in [-0.15, -0.1) is 0 Å². The van der Waals surface area contributed by atoms with Gasteiger partial charge in [-0.05, 0) is 50.6 Å². The van der Waals surface area contributed by atoms with Gasteiger partial charge in [-0.25, -0.2) is 9.48 Å². The van der Waals surface area contributed by atoms with Crippen molar-refractivity contribution in [2.75, 3.05) is 0 Å². The molecule has 0 saturated heterocycles. The SMILES string of the molecule is Cc1nn(-c2ccccc2)c(Cl)c1/C=C/C(=O)c1c(C)[nH]c(C(=O)O)c1C. The molecule has 27 heavy (non-hydrogen) atoms. The summed E-state index contributed by atoms with van der Waals surface area (Å²) in [5, 5.41) is 14.0. The molecule has 3 aromatic rings. The van der Waals surface area contributed by atoms with Crippen LogP contribution in [0, 0.1) is 20.8 Å². The lowest BCUT2D eigenvalue weighted by molar-refractivity contribution is 0.0690. The van der Waals surface area contributed by atoms with Crippen molar-refractivity contribution in [1.29, 1.82) is 0 Å². The number of rotatable bonds is 5. The summed E-state index contributed by atoms with van der Waals surface area (Å²) in [5.74, 6) is -1.39. The second-order valence-electron chi connectivity index (χ2n) is 6.16. The molecule has 6 nitrogen and oxygen atoms in total. The van der Waals surface area contributed by atoms with Gasteiger partial charge in [-0.1, -0.05) is 29.8 Å². The standard InChI is InChI=1S/C20H18ClN3O3/c1-11-17(13(3)22-18(11)20(26)27)16(25)10-9-15-12(2)23-24(19(15)21)14-7-5-4-6-8-14/h4-10,22H,1-3H3,(H,26,27)/b10-9+. The number of ketones is 1. The van der Waals surface area contributed by atoms with Crippen LogP contribution in [0.25, 0.3) is 11.8 Å². The minimum absolute atomic E-state index is 0.0235. The first-order chi connectivity index (χ1) is 12.8. The third-order valence-electron chi connectivity index (χ3n) is 4.35. The van der Waals surface area contributed by atoms with Gasteiger partial charge in [0.05, 0.1) is 11.4 Å². The van der Waals surface area contributed by atoms with Crippen molar-refractivity contribution >= 4 is 29.4 Å². The van der Waals surface area contributed by atoms with Crippen LogP contribution in [-0.2, 0) is 0 Å². The second kappa shape index (κ2) is 7.25. The summed E-state index contributed by atoms with van der Waals surface area (Å²) >= 11 is 6.46. The Kier molecular flexibility index (Phi) is 5.01. The molecule has 138 valence electrons. The van der Waals surface area contributed by atoms with E-state index in [0.29, 0.717) is 33.2 Å². The highest BCUT2D eigenvalue weighted by molar-refractivity contribution is 6.31. The van der Waals surface area contributed by atoms with Crippen LogP contribution >= 0.6 is 11.6 Å². The first kappa shape index (κ1) is 18.7. The van der Waals surface area contributed by atoms with E-state index in [1.807, 2.05) is 37.3 Å². The van der Waals surface area contributed by atoms with Gasteiger partial charge in [0, 0.05) is 16.8 Å². The number of hydrogen-bond acceptors (Lipinski definition) is 3. The summed E-state index contributed by atoms with van der Waals surface area (Å²) in [6.07, 6.45) is 3.00. The minimum atomic E-state index is -1.10. The van der Waals surface area contributed by atoms with Crippen molar-refractivity contribution < 1.29 is 14.7 Å². The molecule has 3 rings (SSSR count). The molecule has 0 bridgehead atoms. The quantitative estimate of drug-likeness (QED) is 0.505. The molecule has 7 heteroatoms. The molecule has 2 aromatic heterocycles. The summed E-state index contributed by atoms with van der Waals surface area (Å²) in [7, 11) is 0. The van der Waals surface area contributed by atoms with Crippen molar-refractivity contribution in [2.45, 2.75) is 20.8 Å². The minimum Gasteiger partial charge on any atom is -0.477 e. The Morgan fingerprint density at radius 3 is 2.44 bits per heavy atom. The van der Waals surface area contributed by atoms with Crippen LogP contribution in [0.3, 0.4) is 0 Å². The first-order valence-electron chi connectivity index (χ1n) is 8.26. The molecule has 0 aliphatic heterocycles. The molecule has 0 unspecified atom stereocenters. The van der Waals surface area contributed by atoms with Gasteiger partial charge in [0.15, 0.2) is 5.78 Å². The van der Waals surface area contributed by atoms with Gasteiger partial charge in [-0.3, -0.25) is 4.79 Å². The van der Waals surface area contributed by atoms with Crippen molar-refractivity contribution in [3.05, 3.63) is 75.3 Å². The highest BCUT2D eigenvalue weighted by Gasteiger charge is 2.20. The zero-order valence-corrected chi connectivity index (χ0v) is 15.8. The lowest BCUT2D eigenvalue weighted by Gasteiger charge is -2.02. The van der Waals surface area contributed by atoms with Gasteiger partial charge in [0.1, 0.15) is 10.8 Å². The van der Waals surface area contributed by atoms with E-state index in [4.69, 9.17) is 11.6 Å². The number of allylic oxidation sites excluding steroid dienone is 1. The van der Waals surface area contributed by atoms with E-state index in [0.717, 1.165) is 5.69 Å². The van der Waals surface area contributed by atoms with Crippen LogP contribution < -0.4 is 0 Å². The van der Waals surface area contributed by atoms with E-state index in [9.17, 15) is 14.7 Å². The number of aromatic nitrogens is 3. The summed E-state index contributed by atoms with van der Waals surface area (Å²) in [6, 6.07) is 9.45. The Morgan fingerprint density at radius 2 is 1.85 bits per heavy atom. The van der Waals surface area contributed by atoms with E-state index >= 15 is 0 Å². The number of carbonyl (C=O) groups excluding carboxylic acids is 1. The number of carboxylic acids is 1. The lowest BCUT2D eigenvalue weighted by atomic mass is 10.0. The molecular formula is C20H18ClN3O3. The zero-order chi connectivity index (χ0) is 19.7. The van der Waals surface area contributed by atoms with Crippen LogP contribution in [0.2, 0.25) is 5.15 Å². The van der Waals surface area contributed by atoms with Gasteiger partial charge in [0.2, 0.25) is 0 Å². The second-order valence-corrected chi connectivity index (χ2v) is 6.52. The zero-order valence-electron chi connectivity index (χ0n) is 15.1. The molecule has 0 saturated carbocycles. The van der Waals surface area contributed by atoms with E-state index < -0.39 is 5.97 Å². The Bertz CT molecular complexity index is 1060. The van der Waals surface area contributed by atoms with Crippen molar-refractivity contribution in [3.63, 3.8) is 0 Å². The van der Waals surface area contributed by atoms with Crippen LogP contribution in [0.1, 0.15) is 43.4 Å². The van der Waals surface area contributed by atoms with E-state index in [2.05, 4.69) is 10.1 Å². The average Bonchev–Trinajstić information content (AvgIpc) is 3.09. The maximum absolute atomic E-state index is 12.6. The fraction of sp³-hybridized carbons (Fsp3) is 0.150. The number of para-hydroxylation sites is 1. The number of carboxylic acid groups (broad SMARTS) is 1. The number of nitrogens with one attached hydrogen (secondary N) is 1. The molecule has 0 aliphatic rings. The number of aromatic amines is 1. The molecule has 0 fully saturated rings. The van der Waals surface area contributed by atoms with Gasteiger partial charge >= 0.3 is 5.97 Å². The molecule has 0 radical (unpaired) electrons. The highest BCUT2D eigenvalue weighted by Crippen LogP contribution is 2.25. The fourth-order valence-corrected chi connectivity index (χ4v) is 3.35. The van der Waals surface area contributed by atoms with E-state index in [-0.39, 0.29) is 11.5 Å². The van der Waals surface area contributed by atoms with E-state index in [1.54, 1.807) is 24.6 Å². The summed E-state index contributed by atoms with van der Waals surface area (Å²) < 4.78 is 1.61. The van der Waals surface area contributed by atoms with Crippen molar-refractivity contribution in [2.24, 2.45) is 0 Å². The van der Waals surface area contributed by atoms with Crippen LogP contribution in [0.5, 0.6) is 0 Å². The van der Waals surface area contributed by atoms with Gasteiger partial charge in [0.25, 0.3) is 0 Å². The summed E-state index contributed by atoms with van der Waals surface area (Å²) in [4.78, 5) is 26.6. The third kappa shape index (κ3) is 3.44. The molecule has 2 heterocycles. The number of benzene rings is 1. The largest absolute Gasteiger partial charge is 0.477 e. The molecule has 2 N–H and O–H groups in total.